The summed E-state index contributed by atoms with van der Waals surface area (Å²) in [4.78, 5) is 12.2. The minimum Gasteiger partial charge on any atom is -0.355 e. The van der Waals surface area contributed by atoms with E-state index in [1.807, 2.05) is 0 Å². The average Bonchev–Trinajstić information content (AvgIpc) is 2.30. The summed E-state index contributed by atoms with van der Waals surface area (Å²) >= 11 is 1.64. The van der Waals surface area contributed by atoms with Gasteiger partial charge >= 0.3 is 0 Å². The van der Waals surface area contributed by atoms with Gasteiger partial charge in [-0.3, -0.25) is 4.79 Å². The first-order valence-corrected chi connectivity index (χ1v) is 6.50. The maximum Gasteiger partial charge on any atom is 0.236 e. The first kappa shape index (κ1) is 14.0. The maximum absolute atomic E-state index is 12.6. The number of halogens is 1. The molecule has 1 rings (SSSR count). The van der Waals surface area contributed by atoms with Crippen molar-refractivity contribution in [3.63, 3.8) is 0 Å². The first-order chi connectivity index (χ1) is 8.09. The van der Waals surface area contributed by atoms with Gasteiger partial charge in [0.2, 0.25) is 5.91 Å². The fourth-order valence-electron chi connectivity index (χ4n) is 1.17. The molecule has 1 amide bonds. The maximum atomic E-state index is 12.6. The van der Waals surface area contributed by atoms with Crippen molar-refractivity contribution in [3.05, 3.63) is 30.1 Å². The highest BCUT2D eigenvalue weighted by Crippen LogP contribution is 2.18. The van der Waals surface area contributed by atoms with E-state index in [4.69, 9.17) is 5.73 Å². The number of hydrogen-bond acceptors (Lipinski definition) is 3. The Morgan fingerprint density at radius 3 is 2.71 bits per heavy atom. The highest BCUT2D eigenvalue weighted by atomic mass is 32.2. The molecule has 0 fully saturated rings. The van der Waals surface area contributed by atoms with Gasteiger partial charge in [-0.2, -0.15) is 0 Å². The van der Waals surface area contributed by atoms with Crippen molar-refractivity contribution < 1.29 is 9.18 Å². The molecule has 0 saturated heterocycles. The Balaban J connectivity index is 2.12. The van der Waals surface area contributed by atoms with Gasteiger partial charge < -0.3 is 11.1 Å². The molecule has 0 bridgehead atoms. The van der Waals surface area contributed by atoms with Gasteiger partial charge in [0.15, 0.2) is 0 Å². The van der Waals surface area contributed by atoms with E-state index in [-0.39, 0.29) is 11.7 Å². The van der Waals surface area contributed by atoms with Crippen molar-refractivity contribution in [1.82, 2.24) is 5.32 Å². The van der Waals surface area contributed by atoms with Crippen LogP contribution in [-0.4, -0.2) is 24.2 Å². The van der Waals surface area contributed by atoms with Crippen molar-refractivity contribution in [3.8, 4) is 0 Å². The number of carbonyl (C=O) groups is 1. The predicted octanol–water partition coefficient (Wildman–Crippen LogP) is 1.77. The number of thioether (sulfide) groups is 1. The lowest BCUT2D eigenvalue weighted by Gasteiger charge is -2.07. The molecule has 94 valence electrons. The van der Waals surface area contributed by atoms with Gasteiger partial charge in [-0.25, -0.2) is 4.39 Å². The summed E-state index contributed by atoms with van der Waals surface area (Å²) in [7, 11) is 0. The fraction of sp³-hybridized carbons (Fsp3) is 0.417. The molecule has 1 aromatic carbocycles. The van der Waals surface area contributed by atoms with Crippen LogP contribution < -0.4 is 11.1 Å². The van der Waals surface area contributed by atoms with Gasteiger partial charge in [0.1, 0.15) is 5.82 Å². The van der Waals surface area contributed by atoms with Gasteiger partial charge in [-0.05, 0) is 43.4 Å². The third kappa shape index (κ3) is 5.70. The molecule has 0 aliphatic rings. The van der Waals surface area contributed by atoms with Crippen molar-refractivity contribution in [1.29, 1.82) is 0 Å². The second-order valence-electron chi connectivity index (χ2n) is 3.74. The van der Waals surface area contributed by atoms with Gasteiger partial charge in [0.25, 0.3) is 0 Å². The highest BCUT2D eigenvalue weighted by molar-refractivity contribution is 7.99. The Bertz CT molecular complexity index is 354. The molecule has 0 aliphatic carbocycles. The van der Waals surface area contributed by atoms with Gasteiger partial charge in [-0.15, -0.1) is 11.8 Å². The van der Waals surface area contributed by atoms with Crippen LogP contribution in [0.15, 0.2) is 29.2 Å². The molecular formula is C12H17FN2OS. The molecule has 0 aliphatic heterocycles. The Kier molecular flexibility index (Phi) is 6.00. The minimum atomic E-state index is -0.459. The lowest BCUT2D eigenvalue weighted by atomic mass is 10.3. The lowest BCUT2D eigenvalue weighted by molar-refractivity contribution is -0.121. The Labute approximate surface area is 105 Å². The van der Waals surface area contributed by atoms with Crippen molar-refractivity contribution >= 4 is 17.7 Å². The number of rotatable bonds is 6. The third-order valence-corrected chi connectivity index (χ3v) is 3.21. The normalized spacial score (nSPS) is 12.2. The zero-order valence-electron chi connectivity index (χ0n) is 9.78. The number of nitrogens with one attached hydrogen (secondary N) is 1. The van der Waals surface area contributed by atoms with Crippen LogP contribution in [-0.2, 0) is 4.79 Å². The molecule has 0 saturated carbocycles. The number of benzene rings is 1. The standard InChI is InChI=1S/C12H17FN2OS/c1-9(14)12(16)15-7-2-8-17-11-5-3-10(13)4-6-11/h3-6,9H,2,7-8,14H2,1H3,(H,15,16). The molecule has 0 heterocycles. The Hall–Kier alpha value is -1.07. The quantitative estimate of drug-likeness (QED) is 0.602. The summed E-state index contributed by atoms with van der Waals surface area (Å²) in [6.07, 6.45) is 0.862. The molecule has 1 atom stereocenters. The summed E-state index contributed by atoms with van der Waals surface area (Å²) < 4.78 is 12.6. The number of carbonyl (C=O) groups excluding carboxylic acids is 1. The summed E-state index contributed by atoms with van der Waals surface area (Å²) in [5, 5.41) is 2.74. The largest absolute Gasteiger partial charge is 0.355 e. The second kappa shape index (κ2) is 7.29. The summed E-state index contributed by atoms with van der Waals surface area (Å²) in [6, 6.07) is 5.93. The number of nitrogens with two attached hydrogens (primary N) is 1. The molecule has 0 spiro atoms. The molecular weight excluding hydrogens is 239 g/mol. The molecule has 1 aromatic rings. The topological polar surface area (TPSA) is 55.1 Å². The van der Waals surface area contributed by atoms with Crippen LogP contribution in [0, 0.1) is 5.82 Å². The summed E-state index contributed by atoms with van der Waals surface area (Å²) in [5.74, 6) is 0.528. The molecule has 0 radical (unpaired) electrons. The van der Waals surface area contributed by atoms with E-state index >= 15 is 0 Å². The van der Waals surface area contributed by atoms with Crippen LogP contribution in [0.5, 0.6) is 0 Å². The molecule has 17 heavy (non-hydrogen) atoms. The lowest BCUT2D eigenvalue weighted by Crippen LogP contribution is -2.38. The summed E-state index contributed by atoms with van der Waals surface area (Å²) in [6.45, 7) is 2.27. The Morgan fingerprint density at radius 2 is 2.12 bits per heavy atom. The van der Waals surface area contributed by atoms with E-state index in [9.17, 15) is 9.18 Å². The van der Waals surface area contributed by atoms with E-state index in [1.165, 1.54) is 12.1 Å². The summed E-state index contributed by atoms with van der Waals surface area (Å²) in [5.41, 5.74) is 5.40. The number of hydrogen-bond donors (Lipinski definition) is 2. The van der Waals surface area contributed by atoms with Crippen LogP contribution in [0.3, 0.4) is 0 Å². The zero-order chi connectivity index (χ0) is 12.7. The SMILES string of the molecule is CC(N)C(=O)NCCCSc1ccc(F)cc1. The highest BCUT2D eigenvalue weighted by Gasteiger charge is 2.04. The zero-order valence-corrected chi connectivity index (χ0v) is 10.6. The molecule has 5 heteroatoms. The van der Waals surface area contributed by atoms with Crippen molar-refractivity contribution in [2.75, 3.05) is 12.3 Å². The monoisotopic (exact) mass is 256 g/mol. The predicted molar refractivity (Wildman–Crippen MR) is 68.4 cm³/mol. The molecule has 1 unspecified atom stereocenters. The minimum absolute atomic E-state index is 0.128. The van der Waals surface area contributed by atoms with Crippen LogP contribution >= 0.6 is 11.8 Å². The van der Waals surface area contributed by atoms with E-state index < -0.39 is 6.04 Å². The van der Waals surface area contributed by atoms with E-state index in [2.05, 4.69) is 5.32 Å². The van der Waals surface area contributed by atoms with Gasteiger partial charge in [0, 0.05) is 11.4 Å². The third-order valence-electron chi connectivity index (χ3n) is 2.12. The van der Waals surface area contributed by atoms with Gasteiger partial charge in [-0.1, -0.05) is 0 Å². The fourth-order valence-corrected chi connectivity index (χ4v) is 2.02. The van der Waals surface area contributed by atoms with Crippen LogP contribution in [0.2, 0.25) is 0 Å². The van der Waals surface area contributed by atoms with Gasteiger partial charge in [0.05, 0.1) is 6.04 Å². The number of amides is 1. The molecule has 0 aromatic heterocycles. The van der Waals surface area contributed by atoms with E-state index in [0.717, 1.165) is 17.1 Å². The second-order valence-corrected chi connectivity index (χ2v) is 4.90. The first-order valence-electron chi connectivity index (χ1n) is 5.51. The van der Waals surface area contributed by atoms with Crippen molar-refractivity contribution in [2.45, 2.75) is 24.3 Å². The Morgan fingerprint density at radius 1 is 1.47 bits per heavy atom. The average molecular weight is 256 g/mol. The van der Waals surface area contributed by atoms with Crippen molar-refractivity contribution in [2.24, 2.45) is 5.73 Å². The molecule has 3 nitrogen and oxygen atoms in total. The smallest absolute Gasteiger partial charge is 0.236 e. The van der Waals surface area contributed by atoms with Crippen LogP contribution in [0.25, 0.3) is 0 Å². The van der Waals surface area contributed by atoms with E-state index in [0.29, 0.717) is 6.54 Å². The molecule has 3 N–H and O–H groups in total. The van der Waals surface area contributed by atoms with Crippen LogP contribution in [0.1, 0.15) is 13.3 Å². The van der Waals surface area contributed by atoms with E-state index in [1.54, 1.807) is 30.8 Å². The van der Waals surface area contributed by atoms with Crippen LogP contribution in [0.4, 0.5) is 4.39 Å².